The van der Waals surface area contributed by atoms with Crippen LogP contribution in [0.5, 0.6) is 0 Å². The Hall–Kier alpha value is -0.570. The number of hydrogen-bond donors (Lipinski definition) is 2. The van der Waals surface area contributed by atoms with E-state index in [0.29, 0.717) is 17.9 Å². The maximum Gasteiger partial charge on any atom is 0.303 e. The van der Waals surface area contributed by atoms with Crippen molar-refractivity contribution in [3.05, 3.63) is 0 Å². The van der Waals surface area contributed by atoms with Gasteiger partial charge in [-0.3, -0.25) is 4.79 Å². The molecule has 3 nitrogen and oxygen atoms in total. The predicted molar refractivity (Wildman–Crippen MR) is 53.7 cm³/mol. The van der Waals surface area contributed by atoms with Crippen molar-refractivity contribution >= 4 is 5.97 Å². The van der Waals surface area contributed by atoms with Gasteiger partial charge in [0.15, 0.2) is 0 Å². The summed E-state index contributed by atoms with van der Waals surface area (Å²) in [5.41, 5.74) is 6.04. The average Bonchev–Trinajstić information content (AvgIpc) is 2.48. The van der Waals surface area contributed by atoms with Crippen LogP contribution in [-0.2, 0) is 4.79 Å². The quantitative estimate of drug-likeness (QED) is 0.720. The maximum atomic E-state index is 10.8. The van der Waals surface area contributed by atoms with Gasteiger partial charge in [-0.1, -0.05) is 13.8 Å². The molecule has 2 aliphatic rings. The van der Waals surface area contributed by atoms with E-state index >= 15 is 0 Å². The van der Waals surface area contributed by atoms with Crippen LogP contribution in [0.3, 0.4) is 0 Å². The molecule has 0 aromatic carbocycles. The second-order valence-corrected chi connectivity index (χ2v) is 5.58. The van der Waals surface area contributed by atoms with E-state index in [9.17, 15) is 4.79 Å². The zero-order valence-electron chi connectivity index (χ0n) is 8.92. The van der Waals surface area contributed by atoms with Gasteiger partial charge in [-0.2, -0.15) is 0 Å². The van der Waals surface area contributed by atoms with Gasteiger partial charge >= 0.3 is 5.97 Å². The molecule has 2 saturated carbocycles. The van der Waals surface area contributed by atoms with Gasteiger partial charge in [0, 0.05) is 0 Å². The fourth-order valence-corrected chi connectivity index (χ4v) is 3.90. The molecule has 0 bridgehead atoms. The summed E-state index contributed by atoms with van der Waals surface area (Å²) in [5.74, 6) is 0.584. The third-order valence-electron chi connectivity index (χ3n) is 4.57. The Kier molecular flexibility index (Phi) is 1.94. The number of carboxylic acids is 1. The molecule has 0 aromatic rings. The van der Waals surface area contributed by atoms with Crippen molar-refractivity contribution in [1.29, 1.82) is 0 Å². The normalized spacial score (nSPS) is 43.4. The Balaban J connectivity index is 2.18. The van der Waals surface area contributed by atoms with Gasteiger partial charge in [-0.15, -0.1) is 0 Å². The minimum Gasteiger partial charge on any atom is -0.481 e. The number of nitrogens with two attached hydrogens (primary N) is 1. The van der Waals surface area contributed by atoms with Crippen LogP contribution in [0, 0.1) is 22.7 Å². The molecule has 0 heterocycles. The van der Waals surface area contributed by atoms with Gasteiger partial charge in [0.1, 0.15) is 0 Å². The van der Waals surface area contributed by atoms with E-state index in [2.05, 4.69) is 13.8 Å². The van der Waals surface area contributed by atoms with Crippen molar-refractivity contribution in [2.75, 3.05) is 6.54 Å². The molecule has 0 amide bonds. The largest absolute Gasteiger partial charge is 0.481 e. The fourth-order valence-electron chi connectivity index (χ4n) is 3.90. The Morgan fingerprint density at radius 1 is 1.57 bits per heavy atom. The average molecular weight is 197 g/mol. The van der Waals surface area contributed by atoms with Crippen LogP contribution in [0.15, 0.2) is 0 Å². The van der Waals surface area contributed by atoms with Gasteiger partial charge in [0.2, 0.25) is 0 Å². The Bertz CT molecular complexity index is 274. The third kappa shape index (κ3) is 1.11. The van der Waals surface area contributed by atoms with Crippen LogP contribution in [0.4, 0.5) is 0 Å². The molecule has 0 spiro atoms. The van der Waals surface area contributed by atoms with E-state index in [4.69, 9.17) is 10.8 Å². The van der Waals surface area contributed by atoms with E-state index in [0.717, 1.165) is 12.3 Å². The molecule has 3 heteroatoms. The van der Waals surface area contributed by atoms with Gasteiger partial charge in [-0.05, 0) is 42.1 Å². The van der Waals surface area contributed by atoms with Crippen molar-refractivity contribution in [1.82, 2.24) is 0 Å². The lowest BCUT2D eigenvalue weighted by Crippen LogP contribution is -2.35. The predicted octanol–water partition coefficient (Wildman–Crippen LogP) is 1.47. The molecule has 0 unspecified atom stereocenters. The molecular formula is C11H19NO2. The summed E-state index contributed by atoms with van der Waals surface area (Å²) in [6.07, 6.45) is 2.44. The minimum atomic E-state index is -0.696. The van der Waals surface area contributed by atoms with Crippen LogP contribution < -0.4 is 5.73 Å². The van der Waals surface area contributed by atoms with Crippen LogP contribution in [-0.4, -0.2) is 17.6 Å². The summed E-state index contributed by atoms with van der Waals surface area (Å²) in [6, 6.07) is 0. The van der Waals surface area contributed by atoms with Crippen LogP contribution >= 0.6 is 0 Å². The number of hydrogen-bond acceptors (Lipinski definition) is 2. The first kappa shape index (κ1) is 9.97. The van der Waals surface area contributed by atoms with Gasteiger partial charge in [-0.25, -0.2) is 0 Å². The highest BCUT2D eigenvalue weighted by molar-refractivity contribution is 5.68. The minimum absolute atomic E-state index is 0.0972. The zero-order valence-corrected chi connectivity index (χ0v) is 8.92. The van der Waals surface area contributed by atoms with E-state index in [1.165, 1.54) is 6.42 Å². The second kappa shape index (κ2) is 2.72. The maximum absolute atomic E-state index is 10.8. The number of rotatable bonds is 3. The van der Waals surface area contributed by atoms with Crippen molar-refractivity contribution in [2.45, 2.75) is 33.1 Å². The van der Waals surface area contributed by atoms with E-state index in [1.807, 2.05) is 0 Å². The number of carboxylic acid groups (broad SMARTS) is 1. The molecule has 3 atom stereocenters. The lowest BCUT2D eigenvalue weighted by Gasteiger charge is -2.31. The highest BCUT2D eigenvalue weighted by Crippen LogP contribution is 2.74. The first-order valence-corrected chi connectivity index (χ1v) is 5.36. The van der Waals surface area contributed by atoms with Crippen LogP contribution in [0.2, 0.25) is 0 Å². The molecule has 0 aromatic heterocycles. The molecular weight excluding hydrogens is 178 g/mol. The summed E-state index contributed by atoms with van der Waals surface area (Å²) in [7, 11) is 0. The van der Waals surface area contributed by atoms with Gasteiger partial charge in [0.05, 0.1) is 6.42 Å². The number of aliphatic carboxylic acids is 1. The third-order valence-corrected chi connectivity index (χ3v) is 4.57. The van der Waals surface area contributed by atoms with Crippen molar-refractivity contribution in [3.8, 4) is 0 Å². The highest BCUT2D eigenvalue weighted by atomic mass is 16.4. The SMILES string of the molecule is CC1(C)[C@H]2CC[C@](CN)(CC(=O)O)[C@@H]21. The van der Waals surface area contributed by atoms with Gasteiger partial charge < -0.3 is 10.8 Å². The monoisotopic (exact) mass is 197 g/mol. The molecule has 2 aliphatic carbocycles. The Morgan fingerprint density at radius 3 is 2.57 bits per heavy atom. The van der Waals surface area contributed by atoms with E-state index in [1.54, 1.807) is 0 Å². The summed E-state index contributed by atoms with van der Waals surface area (Å²) in [5, 5.41) is 8.92. The molecule has 80 valence electrons. The van der Waals surface area contributed by atoms with Crippen molar-refractivity contribution in [2.24, 2.45) is 28.4 Å². The molecule has 14 heavy (non-hydrogen) atoms. The van der Waals surface area contributed by atoms with Crippen LogP contribution in [0.1, 0.15) is 33.1 Å². The fraction of sp³-hybridized carbons (Fsp3) is 0.909. The van der Waals surface area contributed by atoms with Crippen molar-refractivity contribution in [3.63, 3.8) is 0 Å². The van der Waals surface area contributed by atoms with Crippen LogP contribution in [0.25, 0.3) is 0 Å². The van der Waals surface area contributed by atoms with Crippen molar-refractivity contribution < 1.29 is 9.90 Å². The molecule has 3 N–H and O–H groups in total. The van der Waals surface area contributed by atoms with E-state index in [-0.39, 0.29) is 11.8 Å². The molecule has 2 rings (SSSR count). The Morgan fingerprint density at radius 2 is 2.21 bits per heavy atom. The lowest BCUT2D eigenvalue weighted by atomic mass is 9.75. The topological polar surface area (TPSA) is 63.3 Å². The first-order chi connectivity index (χ1) is 6.44. The first-order valence-electron chi connectivity index (χ1n) is 5.36. The molecule has 0 radical (unpaired) electrons. The Labute approximate surface area is 84.7 Å². The number of fused-ring (bicyclic) bond motifs is 1. The van der Waals surface area contributed by atoms with Gasteiger partial charge in [0.25, 0.3) is 0 Å². The molecule has 0 aliphatic heterocycles. The lowest BCUT2D eigenvalue weighted by molar-refractivity contribution is -0.140. The summed E-state index contributed by atoms with van der Waals surface area (Å²) in [4.78, 5) is 10.8. The molecule has 0 saturated heterocycles. The van der Waals surface area contributed by atoms with E-state index < -0.39 is 5.97 Å². The molecule has 2 fully saturated rings. The second-order valence-electron chi connectivity index (χ2n) is 5.58. The summed E-state index contributed by atoms with van der Waals surface area (Å²) in [6.45, 7) is 5.02. The zero-order chi connectivity index (χ0) is 10.6. The smallest absolute Gasteiger partial charge is 0.303 e. The number of carbonyl (C=O) groups is 1. The summed E-state index contributed by atoms with van der Waals surface area (Å²) >= 11 is 0. The standard InChI is InChI=1S/C11H19NO2/c1-10(2)7-3-4-11(6-12,9(7)10)5-8(13)14/h7,9H,3-6,12H2,1-2H3,(H,13,14)/t7-,9-,11+/m0/s1. The summed E-state index contributed by atoms with van der Waals surface area (Å²) < 4.78 is 0. The highest BCUT2D eigenvalue weighted by Gasteiger charge is 2.69.